The van der Waals surface area contributed by atoms with Crippen molar-refractivity contribution in [1.29, 1.82) is 0 Å². The Hall–Kier alpha value is -3.95. The summed E-state index contributed by atoms with van der Waals surface area (Å²) in [5, 5.41) is 8.95. The molecule has 0 saturated heterocycles. The number of benzene rings is 2. The van der Waals surface area contributed by atoms with Crippen molar-refractivity contribution in [3.63, 3.8) is 0 Å². The van der Waals surface area contributed by atoms with E-state index >= 15 is 0 Å². The quantitative estimate of drug-likeness (QED) is 0.419. The monoisotopic (exact) mass is 442 g/mol. The van der Waals surface area contributed by atoms with Crippen LogP contribution in [0.25, 0.3) is 6.08 Å². The molecular formula is C26H22N2O3S. The van der Waals surface area contributed by atoms with Crippen LogP contribution in [0.2, 0.25) is 0 Å². The molecule has 0 amide bonds. The predicted octanol–water partition coefficient (Wildman–Crippen LogP) is 5.48. The number of aromatic nitrogens is 1. The van der Waals surface area contributed by atoms with Crippen molar-refractivity contribution in [2.45, 2.75) is 11.8 Å². The second-order valence-electron chi connectivity index (χ2n) is 6.96. The van der Waals surface area contributed by atoms with Crippen molar-refractivity contribution in [3.8, 4) is 11.8 Å². The summed E-state index contributed by atoms with van der Waals surface area (Å²) in [5.41, 5.74) is 3.52. The van der Waals surface area contributed by atoms with Crippen LogP contribution in [0.15, 0.2) is 88.8 Å². The van der Waals surface area contributed by atoms with Crippen molar-refractivity contribution in [1.82, 2.24) is 4.98 Å². The van der Waals surface area contributed by atoms with Crippen LogP contribution < -0.4 is 0 Å². The molecule has 0 aliphatic carbocycles. The Morgan fingerprint density at radius 1 is 1.12 bits per heavy atom. The lowest BCUT2D eigenvalue weighted by Gasteiger charge is -2.11. The van der Waals surface area contributed by atoms with E-state index in [1.165, 1.54) is 12.3 Å². The van der Waals surface area contributed by atoms with Crippen LogP contribution in [0.5, 0.6) is 0 Å². The first kappa shape index (κ1) is 22.7. The largest absolute Gasteiger partial charge is 0.477 e. The maximum atomic E-state index is 13.6. The third-order valence-corrected chi connectivity index (χ3v) is 6.45. The zero-order chi connectivity index (χ0) is 23.1. The highest BCUT2D eigenvalue weighted by Gasteiger charge is 2.12. The molecule has 1 N–H and O–H groups in total. The Balaban J connectivity index is 2.02. The molecule has 1 heterocycles. The first-order chi connectivity index (χ1) is 15.3. The molecule has 0 saturated carbocycles. The number of rotatable bonds is 5. The number of pyridine rings is 1. The standard InChI is InChI=1S/C26H22N2O3S/c1-4-5-9-21-11-8-13-25(19(21)2)32(3,31)28-23-12-7-6-10-22(23)16-14-20-15-17-24(26(29)30)27-18-20/h4-13,15,17-18H,1H2,2-3H3,(H,29,30)/b9-5-. The average molecular weight is 443 g/mol. The molecule has 160 valence electrons. The molecular weight excluding hydrogens is 420 g/mol. The fraction of sp³-hybridized carbons (Fsp3) is 0.0769. The number of hydrogen-bond donors (Lipinski definition) is 1. The Morgan fingerprint density at radius 3 is 2.59 bits per heavy atom. The summed E-state index contributed by atoms with van der Waals surface area (Å²) in [6.45, 7) is 5.62. The summed E-state index contributed by atoms with van der Waals surface area (Å²) in [6, 6.07) is 15.9. The second kappa shape index (κ2) is 9.90. The Morgan fingerprint density at radius 2 is 1.91 bits per heavy atom. The van der Waals surface area contributed by atoms with Gasteiger partial charge < -0.3 is 5.11 Å². The summed E-state index contributed by atoms with van der Waals surface area (Å²) in [4.78, 5) is 15.5. The van der Waals surface area contributed by atoms with E-state index in [1.54, 1.807) is 30.5 Å². The van der Waals surface area contributed by atoms with Gasteiger partial charge in [0.2, 0.25) is 0 Å². The molecule has 0 spiro atoms. The van der Waals surface area contributed by atoms with Crippen LogP contribution in [0, 0.1) is 18.8 Å². The SMILES string of the molecule is C=C/C=C\c1cccc(S(C)(=O)=Nc2ccccc2C#Cc2ccc(C(=O)O)nc2)c1C. The Labute approximate surface area is 188 Å². The second-order valence-corrected chi connectivity index (χ2v) is 9.19. The van der Waals surface area contributed by atoms with Crippen LogP contribution in [-0.4, -0.2) is 26.5 Å². The summed E-state index contributed by atoms with van der Waals surface area (Å²) >= 11 is 0. The van der Waals surface area contributed by atoms with E-state index in [2.05, 4.69) is 27.8 Å². The van der Waals surface area contributed by atoms with E-state index in [1.807, 2.05) is 49.4 Å². The van der Waals surface area contributed by atoms with E-state index in [0.29, 0.717) is 21.7 Å². The lowest BCUT2D eigenvalue weighted by molar-refractivity contribution is 0.0690. The molecule has 0 aliphatic rings. The predicted molar refractivity (Wildman–Crippen MR) is 128 cm³/mol. The zero-order valence-electron chi connectivity index (χ0n) is 17.8. The maximum Gasteiger partial charge on any atom is 0.354 e. The minimum Gasteiger partial charge on any atom is -0.477 e. The number of nitrogens with zero attached hydrogens (tertiary/aromatic N) is 2. The summed E-state index contributed by atoms with van der Waals surface area (Å²) in [5.74, 6) is 4.90. The van der Waals surface area contributed by atoms with Crippen LogP contribution in [0.4, 0.5) is 5.69 Å². The normalized spacial score (nSPS) is 12.4. The van der Waals surface area contributed by atoms with E-state index in [-0.39, 0.29) is 5.69 Å². The molecule has 5 nitrogen and oxygen atoms in total. The topological polar surface area (TPSA) is 79.6 Å². The number of carboxylic acids is 1. The summed E-state index contributed by atoms with van der Waals surface area (Å²) in [6.07, 6.45) is 8.48. The van der Waals surface area contributed by atoms with Gasteiger partial charge >= 0.3 is 5.97 Å². The first-order valence-electron chi connectivity index (χ1n) is 9.73. The molecule has 1 aromatic heterocycles. The first-order valence-corrected chi connectivity index (χ1v) is 11.7. The molecule has 6 heteroatoms. The molecule has 0 aliphatic heterocycles. The van der Waals surface area contributed by atoms with Gasteiger partial charge in [-0.2, -0.15) is 4.36 Å². The van der Waals surface area contributed by atoms with Crippen molar-refractivity contribution < 1.29 is 14.1 Å². The van der Waals surface area contributed by atoms with Gasteiger partial charge in [0.05, 0.1) is 25.9 Å². The Kier molecular flexibility index (Phi) is 7.04. The zero-order valence-corrected chi connectivity index (χ0v) is 18.6. The van der Waals surface area contributed by atoms with Crippen molar-refractivity contribution in [3.05, 3.63) is 107 Å². The van der Waals surface area contributed by atoms with E-state index < -0.39 is 15.7 Å². The van der Waals surface area contributed by atoms with E-state index in [4.69, 9.17) is 5.11 Å². The van der Waals surface area contributed by atoms with Gasteiger partial charge in [0, 0.05) is 18.0 Å². The van der Waals surface area contributed by atoms with E-state index in [0.717, 1.165) is 11.1 Å². The Bertz CT molecular complexity index is 1380. The van der Waals surface area contributed by atoms with Crippen LogP contribution in [-0.2, 0) is 9.73 Å². The van der Waals surface area contributed by atoms with Gasteiger partial charge in [0.1, 0.15) is 5.69 Å². The molecule has 2 aromatic carbocycles. The third-order valence-electron chi connectivity index (χ3n) is 4.65. The van der Waals surface area contributed by atoms with Gasteiger partial charge in [-0.1, -0.05) is 60.9 Å². The summed E-state index contributed by atoms with van der Waals surface area (Å²) < 4.78 is 18.2. The minimum absolute atomic E-state index is 0.0443. The third kappa shape index (κ3) is 5.39. The van der Waals surface area contributed by atoms with Gasteiger partial charge in [-0.25, -0.2) is 14.0 Å². The number of carbonyl (C=O) groups is 1. The number of hydrogen-bond acceptors (Lipinski definition) is 4. The molecule has 32 heavy (non-hydrogen) atoms. The van der Waals surface area contributed by atoms with Gasteiger partial charge in [0.25, 0.3) is 0 Å². The molecule has 3 rings (SSSR count). The summed E-state index contributed by atoms with van der Waals surface area (Å²) in [7, 11) is -2.74. The average Bonchev–Trinajstić information content (AvgIpc) is 2.77. The van der Waals surface area contributed by atoms with Crippen molar-refractivity contribution in [2.75, 3.05) is 6.26 Å². The molecule has 3 aromatic rings. The van der Waals surface area contributed by atoms with Gasteiger partial charge in [-0.15, -0.1) is 0 Å². The fourth-order valence-corrected chi connectivity index (χ4v) is 4.67. The van der Waals surface area contributed by atoms with Crippen LogP contribution in [0.1, 0.15) is 32.7 Å². The van der Waals surface area contributed by atoms with Gasteiger partial charge in [-0.05, 0) is 48.4 Å². The maximum absolute atomic E-state index is 13.6. The molecule has 0 bridgehead atoms. The number of aromatic carboxylic acids is 1. The highest BCUT2D eigenvalue weighted by atomic mass is 32.2. The highest BCUT2D eigenvalue weighted by Crippen LogP contribution is 2.26. The lowest BCUT2D eigenvalue weighted by Crippen LogP contribution is -2.01. The molecule has 0 fully saturated rings. The molecule has 1 atom stereocenters. The lowest BCUT2D eigenvalue weighted by atomic mass is 10.1. The minimum atomic E-state index is -2.74. The number of carboxylic acid groups (broad SMARTS) is 1. The van der Waals surface area contributed by atoms with Crippen LogP contribution in [0.3, 0.4) is 0 Å². The van der Waals surface area contributed by atoms with Crippen LogP contribution >= 0.6 is 0 Å². The fourth-order valence-electron chi connectivity index (χ4n) is 3.02. The van der Waals surface area contributed by atoms with Crippen molar-refractivity contribution >= 4 is 27.5 Å². The molecule has 0 radical (unpaired) electrons. The van der Waals surface area contributed by atoms with E-state index in [9.17, 15) is 9.00 Å². The number of allylic oxidation sites excluding steroid dienone is 2. The van der Waals surface area contributed by atoms with Gasteiger partial charge in [-0.3, -0.25) is 0 Å². The van der Waals surface area contributed by atoms with Gasteiger partial charge in [0.15, 0.2) is 0 Å². The highest BCUT2D eigenvalue weighted by molar-refractivity contribution is 7.93. The smallest absolute Gasteiger partial charge is 0.354 e. The van der Waals surface area contributed by atoms with Crippen molar-refractivity contribution in [2.24, 2.45) is 4.36 Å². The molecule has 1 unspecified atom stereocenters.